The summed E-state index contributed by atoms with van der Waals surface area (Å²) in [7, 11) is 0. The summed E-state index contributed by atoms with van der Waals surface area (Å²) >= 11 is 12.0. The second-order valence-electron chi connectivity index (χ2n) is 7.65. The van der Waals surface area contributed by atoms with Crippen LogP contribution < -0.4 is 5.32 Å². The highest BCUT2D eigenvalue weighted by molar-refractivity contribution is 6.34. The topological polar surface area (TPSA) is 73.2 Å². The van der Waals surface area contributed by atoms with Gasteiger partial charge in [-0.2, -0.15) is 18.3 Å². The average molecular weight is 492 g/mol. The van der Waals surface area contributed by atoms with Crippen molar-refractivity contribution in [3.63, 3.8) is 0 Å². The molecule has 1 amide bonds. The molecule has 1 N–H and O–H groups in total. The average Bonchev–Trinajstić information content (AvgIpc) is 3.09. The molecular weight excluding hydrogens is 470 g/mol. The fraction of sp³-hybridized carbons (Fsp3) is 0.476. The third kappa shape index (κ3) is 5.95. The van der Waals surface area contributed by atoms with Crippen LogP contribution in [0.15, 0.2) is 24.4 Å². The molecule has 11 heteroatoms. The van der Waals surface area contributed by atoms with Crippen molar-refractivity contribution in [3.05, 3.63) is 51.3 Å². The first-order chi connectivity index (χ1) is 15.1. The first-order valence-electron chi connectivity index (χ1n) is 10.2. The SMILES string of the molecule is CCOC(=O)c1nn(CC2CCC(NC(=O)c3cc(C(F)(F)F)ccc3Cl)CC2)cc1Cl. The van der Waals surface area contributed by atoms with Crippen molar-refractivity contribution in [2.45, 2.75) is 51.4 Å². The van der Waals surface area contributed by atoms with Crippen molar-refractivity contribution >= 4 is 35.1 Å². The van der Waals surface area contributed by atoms with Gasteiger partial charge in [0.25, 0.3) is 5.91 Å². The summed E-state index contributed by atoms with van der Waals surface area (Å²) in [5, 5.41) is 7.18. The maximum Gasteiger partial charge on any atom is 0.416 e. The molecule has 0 spiro atoms. The fourth-order valence-electron chi connectivity index (χ4n) is 3.72. The van der Waals surface area contributed by atoms with Gasteiger partial charge in [0.15, 0.2) is 5.69 Å². The smallest absolute Gasteiger partial charge is 0.416 e. The minimum Gasteiger partial charge on any atom is -0.461 e. The van der Waals surface area contributed by atoms with E-state index >= 15 is 0 Å². The lowest BCUT2D eigenvalue weighted by atomic mass is 9.86. The van der Waals surface area contributed by atoms with Gasteiger partial charge < -0.3 is 10.1 Å². The second kappa shape index (κ2) is 10.1. The summed E-state index contributed by atoms with van der Waals surface area (Å²) in [5.41, 5.74) is -1.04. The van der Waals surface area contributed by atoms with Gasteiger partial charge in [0.1, 0.15) is 0 Å². The lowest BCUT2D eigenvalue weighted by molar-refractivity contribution is -0.137. The molecule has 174 valence electrons. The van der Waals surface area contributed by atoms with Crippen LogP contribution in [-0.4, -0.2) is 34.3 Å². The lowest BCUT2D eigenvalue weighted by Crippen LogP contribution is -2.38. The van der Waals surface area contributed by atoms with Crippen molar-refractivity contribution in [2.24, 2.45) is 5.92 Å². The molecule has 3 rings (SSSR count). The van der Waals surface area contributed by atoms with Crippen molar-refractivity contribution in [1.82, 2.24) is 15.1 Å². The number of carbonyl (C=O) groups excluding carboxylic acids is 2. The largest absolute Gasteiger partial charge is 0.461 e. The zero-order valence-corrected chi connectivity index (χ0v) is 18.7. The maximum absolute atomic E-state index is 12.9. The summed E-state index contributed by atoms with van der Waals surface area (Å²) in [4.78, 5) is 24.3. The fourth-order valence-corrected chi connectivity index (χ4v) is 4.15. The van der Waals surface area contributed by atoms with E-state index in [4.69, 9.17) is 27.9 Å². The van der Waals surface area contributed by atoms with Gasteiger partial charge in [-0.25, -0.2) is 4.79 Å². The minimum absolute atomic E-state index is 0.0304. The van der Waals surface area contributed by atoms with Crippen molar-refractivity contribution < 1.29 is 27.5 Å². The Bertz CT molecular complexity index is 986. The zero-order valence-electron chi connectivity index (χ0n) is 17.2. The standard InChI is InChI=1S/C21H22Cl2F3N3O3/c1-2-32-20(31)18-17(23)11-29(28-18)10-12-3-6-14(7-4-12)27-19(30)15-9-13(21(24,25)26)5-8-16(15)22/h5,8-9,11-12,14H,2-4,6-7,10H2,1H3,(H,27,30). The quantitative estimate of drug-likeness (QED) is 0.551. The van der Waals surface area contributed by atoms with Crippen LogP contribution in [0.2, 0.25) is 10.0 Å². The highest BCUT2D eigenvalue weighted by atomic mass is 35.5. The number of hydrogen-bond acceptors (Lipinski definition) is 4. The summed E-state index contributed by atoms with van der Waals surface area (Å²) in [6.07, 6.45) is -0.113. The first kappa shape index (κ1) is 24.4. The number of ether oxygens (including phenoxy) is 1. The number of nitrogens with zero attached hydrogens (tertiary/aromatic N) is 2. The molecule has 1 saturated carbocycles. The Hall–Kier alpha value is -2.26. The Morgan fingerprint density at radius 2 is 1.88 bits per heavy atom. The third-order valence-corrected chi connectivity index (χ3v) is 5.96. The van der Waals surface area contributed by atoms with Crippen molar-refractivity contribution in [1.29, 1.82) is 0 Å². The Labute approximate surface area is 193 Å². The number of halogens is 5. The highest BCUT2D eigenvalue weighted by Gasteiger charge is 2.32. The van der Waals surface area contributed by atoms with Gasteiger partial charge in [-0.1, -0.05) is 23.2 Å². The molecule has 0 aliphatic heterocycles. The number of nitrogens with one attached hydrogen (secondary N) is 1. The molecule has 1 aromatic carbocycles. The zero-order chi connectivity index (χ0) is 23.5. The number of aromatic nitrogens is 2. The number of esters is 1. The summed E-state index contributed by atoms with van der Waals surface area (Å²) < 4.78 is 45.3. The van der Waals surface area contributed by atoms with E-state index < -0.39 is 23.6 Å². The molecule has 1 aliphatic rings. The number of rotatable bonds is 6. The van der Waals surface area contributed by atoms with Crippen LogP contribution in [0, 0.1) is 5.92 Å². The highest BCUT2D eigenvalue weighted by Crippen LogP contribution is 2.32. The first-order valence-corrected chi connectivity index (χ1v) is 10.9. The van der Waals surface area contributed by atoms with Crippen LogP contribution >= 0.6 is 23.2 Å². The molecule has 1 fully saturated rings. The van der Waals surface area contributed by atoms with Crippen LogP contribution in [0.4, 0.5) is 13.2 Å². The molecular formula is C21H22Cl2F3N3O3. The van der Waals surface area contributed by atoms with E-state index in [0.717, 1.165) is 31.0 Å². The van der Waals surface area contributed by atoms with Gasteiger partial charge in [-0.15, -0.1) is 0 Å². The molecule has 0 radical (unpaired) electrons. The molecule has 0 atom stereocenters. The van der Waals surface area contributed by atoms with Crippen LogP contribution in [-0.2, 0) is 17.5 Å². The molecule has 1 heterocycles. The normalized spacial score (nSPS) is 18.9. The van der Waals surface area contributed by atoms with E-state index in [-0.39, 0.29) is 39.9 Å². The molecule has 1 aliphatic carbocycles. The van der Waals surface area contributed by atoms with Gasteiger partial charge in [0.2, 0.25) is 0 Å². The maximum atomic E-state index is 12.9. The Balaban J connectivity index is 1.55. The minimum atomic E-state index is -4.56. The Morgan fingerprint density at radius 1 is 1.19 bits per heavy atom. The monoisotopic (exact) mass is 491 g/mol. The second-order valence-corrected chi connectivity index (χ2v) is 8.47. The van der Waals surface area contributed by atoms with Crippen LogP contribution in [0.3, 0.4) is 0 Å². The van der Waals surface area contributed by atoms with Gasteiger partial charge >= 0.3 is 12.1 Å². The van der Waals surface area contributed by atoms with E-state index in [1.165, 1.54) is 0 Å². The van der Waals surface area contributed by atoms with Gasteiger partial charge in [0.05, 0.1) is 27.8 Å². The molecule has 32 heavy (non-hydrogen) atoms. The van der Waals surface area contributed by atoms with E-state index in [2.05, 4.69) is 10.4 Å². The number of hydrogen-bond donors (Lipinski definition) is 1. The van der Waals surface area contributed by atoms with E-state index in [1.54, 1.807) is 17.8 Å². The number of amides is 1. The third-order valence-electron chi connectivity index (χ3n) is 5.35. The molecule has 0 bridgehead atoms. The van der Waals surface area contributed by atoms with E-state index in [1.807, 2.05) is 0 Å². The van der Waals surface area contributed by atoms with Crippen molar-refractivity contribution in [3.8, 4) is 0 Å². The molecule has 0 unspecified atom stereocenters. The Kier molecular flexibility index (Phi) is 7.71. The number of carbonyl (C=O) groups is 2. The molecule has 0 saturated heterocycles. The number of benzene rings is 1. The molecule has 6 nitrogen and oxygen atoms in total. The van der Waals surface area contributed by atoms with Gasteiger partial charge in [-0.3, -0.25) is 9.48 Å². The van der Waals surface area contributed by atoms with E-state index in [0.29, 0.717) is 19.4 Å². The van der Waals surface area contributed by atoms with Crippen LogP contribution in [0.1, 0.15) is 59.0 Å². The van der Waals surface area contributed by atoms with Crippen LogP contribution in [0.5, 0.6) is 0 Å². The predicted molar refractivity (Wildman–Crippen MR) is 113 cm³/mol. The van der Waals surface area contributed by atoms with Gasteiger partial charge in [-0.05, 0) is 56.7 Å². The van der Waals surface area contributed by atoms with Crippen molar-refractivity contribution in [2.75, 3.05) is 6.61 Å². The summed E-state index contributed by atoms with van der Waals surface area (Å²) in [6, 6.07) is 2.53. The summed E-state index contributed by atoms with van der Waals surface area (Å²) in [5.74, 6) is -0.940. The predicted octanol–water partition coefficient (Wildman–Crippen LogP) is 5.37. The summed E-state index contributed by atoms with van der Waals surface area (Å²) in [6.45, 7) is 2.48. The van der Waals surface area contributed by atoms with Crippen LogP contribution in [0.25, 0.3) is 0 Å². The Morgan fingerprint density at radius 3 is 2.50 bits per heavy atom. The molecule has 1 aromatic heterocycles. The van der Waals surface area contributed by atoms with Gasteiger partial charge in [0, 0.05) is 18.8 Å². The number of alkyl halides is 3. The molecule has 2 aromatic rings. The van der Waals surface area contributed by atoms with E-state index in [9.17, 15) is 22.8 Å². The lowest BCUT2D eigenvalue weighted by Gasteiger charge is -2.29.